The molecule has 4 nitrogen and oxygen atoms in total. The van der Waals surface area contributed by atoms with Gasteiger partial charge in [0.1, 0.15) is 5.82 Å². The third-order valence-corrected chi connectivity index (χ3v) is 6.13. The molecule has 1 amide bonds. The van der Waals surface area contributed by atoms with E-state index in [1.807, 2.05) is 38.1 Å². The molecule has 0 aliphatic heterocycles. The van der Waals surface area contributed by atoms with Gasteiger partial charge in [-0.2, -0.15) is 0 Å². The highest BCUT2D eigenvalue weighted by molar-refractivity contribution is 7.22. The van der Waals surface area contributed by atoms with Crippen LogP contribution < -0.4 is 4.90 Å². The van der Waals surface area contributed by atoms with E-state index in [4.69, 9.17) is 16.6 Å². The zero-order valence-corrected chi connectivity index (χ0v) is 17.4. The van der Waals surface area contributed by atoms with E-state index in [9.17, 15) is 9.18 Å². The molecule has 4 rings (SSSR count). The molecule has 2 aromatic heterocycles. The van der Waals surface area contributed by atoms with Gasteiger partial charge in [-0.05, 0) is 60.9 Å². The lowest BCUT2D eigenvalue weighted by molar-refractivity contribution is 0.0985. The number of fused-ring (bicyclic) bond motifs is 1. The van der Waals surface area contributed by atoms with Crippen LogP contribution in [0.2, 0.25) is 5.02 Å². The van der Waals surface area contributed by atoms with E-state index in [0.717, 1.165) is 33.0 Å². The molecule has 0 aliphatic rings. The second-order valence-electron chi connectivity index (χ2n) is 6.73. The van der Waals surface area contributed by atoms with Crippen molar-refractivity contribution in [2.45, 2.75) is 20.4 Å². The maximum Gasteiger partial charge on any atom is 0.261 e. The van der Waals surface area contributed by atoms with Crippen LogP contribution in [0.1, 0.15) is 27.0 Å². The first-order chi connectivity index (χ1) is 13.9. The van der Waals surface area contributed by atoms with Gasteiger partial charge in [0.05, 0.1) is 27.3 Å². The Bertz CT molecular complexity index is 1210. The van der Waals surface area contributed by atoms with Crippen molar-refractivity contribution in [3.05, 3.63) is 88.0 Å². The molecule has 0 atom stereocenters. The Kier molecular flexibility index (Phi) is 5.30. The van der Waals surface area contributed by atoms with Gasteiger partial charge in [0.15, 0.2) is 5.13 Å². The smallest absolute Gasteiger partial charge is 0.261 e. The summed E-state index contributed by atoms with van der Waals surface area (Å²) in [6.45, 7) is 4.33. The van der Waals surface area contributed by atoms with Gasteiger partial charge in [-0.3, -0.25) is 14.7 Å². The molecule has 7 heteroatoms. The molecule has 2 heterocycles. The monoisotopic (exact) mass is 425 g/mol. The summed E-state index contributed by atoms with van der Waals surface area (Å²) < 4.78 is 14.5. The molecule has 0 spiro atoms. The minimum Gasteiger partial charge on any atom is -0.279 e. The van der Waals surface area contributed by atoms with Crippen molar-refractivity contribution in [2.75, 3.05) is 4.90 Å². The second kappa shape index (κ2) is 7.89. The van der Waals surface area contributed by atoms with Crippen molar-refractivity contribution in [3.63, 3.8) is 0 Å². The molecule has 0 aliphatic carbocycles. The predicted molar refractivity (Wildman–Crippen MR) is 115 cm³/mol. The Morgan fingerprint density at radius 1 is 1.21 bits per heavy atom. The molecule has 0 fully saturated rings. The van der Waals surface area contributed by atoms with Gasteiger partial charge in [-0.1, -0.05) is 35.1 Å². The van der Waals surface area contributed by atoms with Crippen LogP contribution in [0, 0.1) is 19.7 Å². The highest BCUT2D eigenvalue weighted by atomic mass is 35.5. The van der Waals surface area contributed by atoms with Crippen LogP contribution in [0.3, 0.4) is 0 Å². The van der Waals surface area contributed by atoms with Crippen LogP contribution in [-0.2, 0) is 6.54 Å². The molecular formula is C22H17ClFN3OS. The number of nitrogens with zero attached hydrogens (tertiary/aromatic N) is 3. The van der Waals surface area contributed by atoms with Gasteiger partial charge >= 0.3 is 0 Å². The highest BCUT2D eigenvalue weighted by Gasteiger charge is 2.24. The second-order valence-corrected chi connectivity index (χ2v) is 8.14. The van der Waals surface area contributed by atoms with E-state index in [0.29, 0.717) is 5.13 Å². The molecule has 4 aromatic rings. The van der Waals surface area contributed by atoms with Gasteiger partial charge < -0.3 is 0 Å². The Morgan fingerprint density at radius 2 is 2.03 bits per heavy atom. The van der Waals surface area contributed by atoms with E-state index in [1.165, 1.54) is 23.5 Å². The average Bonchev–Trinajstić information content (AvgIpc) is 3.14. The summed E-state index contributed by atoms with van der Waals surface area (Å²) in [5.41, 5.74) is 4.18. The molecule has 2 aromatic carbocycles. The summed E-state index contributed by atoms with van der Waals surface area (Å²) in [7, 11) is 0. The van der Waals surface area contributed by atoms with E-state index >= 15 is 0 Å². The number of benzene rings is 2. The van der Waals surface area contributed by atoms with Crippen molar-refractivity contribution in [3.8, 4) is 0 Å². The van der Waals surface area contributed by atoms with Crippen LogP contribution in [0.25, 0.3) is 10.2 Å². The Labute approximate surface area is 176 Å². The summed E-state index contributed by atoms with van der Waals surface area (Å²) in [5.74, 6) is -0.830. The number of carbonyl (C=O) groups excluding carboxylic acids is 1. The van der Waals surface area contributed by atoms with E-state index in [-0.39, 0.29) is 23.0 Å². The van der Waals surface area contributed by atoms with Gasteiger partial charge in [-0.25, -0.2) is 9.37 Å². The summed E-state index contributed by atoms with van der Waals surface area (Å²) in [6.07, 6.45) is 3.38. The van der Waals surface area contributed by atoms with Crippen molar-refractivity contribution < 1.29 is 9.18 Å². The Morgan fingerprint density at radius 3 is 2.76 bits per heavy atom. The highest BCUT2D eigenvalue weighted by Crippen LogP contribution is 2.34. The standard InChI is InChI=1S/C22H17ClFN3OS/c1-13-5-8-19-20(14(13)2)26-22(29-19)27(12-15-4-3-9-25-11-15)21(28)17-7-6-16(24)10-18(17)23/h3-11H,12H2,1-2H3. The van der Waals surface area contributed by atoms with E-state index < -0.39 is 5.82 Å². The van der Waals surface area contributed by atoms with Crippen LogP contribution in [0.15, 0.2) is 54.9 Å². The largest absolute Gasteiger partial charge is 0.279 e. The fraction of sp³-hybridized carbons (Fsp3) is 0.136. The third kappa shape index (κ3) is 3.86. The number of anilines is 1. The number of aryl methyl sites for hydroxylation is 2. The quantitative estimate of drug-likeness (QED) is 0.406. The van der Waals surface area contributed by atoms with E-state index in [1.54, 1.807) is 17.3 Å². The summed E-state index contributed by atoms with van der Waals surface area (Å²) in [6, 6.07) is 11.5. The van der Waals surface area contributed by atoms with Crippen molar-refractivity contribution >= 4 is 44.2 Å². The lowest BCUT2D eigenvalue weighted by atomic mass is 10.1. The number of aromatic nitrogens is 2. The third-order valence-electron chi connectivity index (χ3n) is 4.77. The molecular weight excluding hydrogens is 409 g/mol. The fourth-order valence-electron chi connectivity index (χ4n) is 3.04. The lowest BCUT2D eigenvalue weighted by Crippen LogP contribution is -2.30. The number of hydrogen-bond donors (Lipinski definition) is 0. The Balaban J connectivity index is 1.82. The van der Waals surface area contributed by atoms with Crippen molar-refractivity contribution in [1.29, 1.82) is 0 Å². The molecule has 0 saturated heterocycles. The summed E-state index contributed by atoms with van der Waals surface area (Å²) in [5, 5.41) is 0.627. The first kappa shape index (κ1) is 19.5. The average molecular weight is 426 g/mol. The fourth-order valence-corrected chi connectivity index (χ4v) is 4.31. The van der Waals surface area contributed by atoms with Gasteiger partial charge in [0.25, 0.3) is 5.91 Å². The first-order valence-electron chi connectivity index (χ1n) is 8.96. The number of hydrogen-bond acceptors (Lipinski definition) is 4. The topological polar surface area (TPSA) is 46.1 Å². The Hall–Kier alpha value is -2.83. The molecule has 0 radical (unpaired) electrons. The molecule has 0 bridgehead atoms. The van der Waals surface area contributed by atoms with Gasteiger partial charge in [0.2, 0.25) is 0 Å². The van der Waals surface area contributed by atoms with Crippen LogP contribution >= 0.6 is 22.9 Å². The minimum absolute atomic E-state index is 0.0688. The zero-order chi connectivity index (χ0) is 20.5. The number of thiazole rings is 1. The zero-order valence-electron chi connectivity index (χ0n) is 15.8. The van der Waals surface area contributed by atoms with Gasteiger partial charge in [-0.15, -0.1) is 0 Å². The number of amides is 1. The maximum atomic E-state index is 13.5. The molecule has 29 heavy (non-hydrogen) atoms. The first-order valence-corrected chi connectivity index (χ1v) is 10.2. The van der Waals surface area contributed by atoms with Crippen LogP contribution in [0.4, 0.5) is 9.52 Å². The predicted octanol–water partition coefficient (Wildman–Crippen LogP) is 5.95. The molecule has 146 valence electrons. The summed E-state index contributed by atoms with van der Waals surface area (Å²) >= 11 is 7.60. The molecule has 0 N–H and O–H groups in total. The number of pyridine rings is 1. The molecule has 0 unspecified atom stereocenters. The van der Waals surface area contributed by atoms with Crippen LogP contribution in [0.5, 0.6) is 0 Å². The van der Waals surface area contributed by atoms with Crippen LogP contribution in [-0.4, -0.2) is 15.9 Å². The molecule has 0 saturated carbocycles. The van der Waals surface area contributed by atoms with Crippen molar-refractivity contribution in [1.82, 2.24) is 9.97 Å². The number of carbonyl (C=O) groups is 1. The maximum absolute atomic E-state index is 13.5. The lowest BCUT2D eigenvalue weighted by Gasteiger charge is -2.20. The minimum atomic E-state index is -0.489. The van der Waals surface area contributed by atoms with Gasteiger partial charge in [0, 0.05) is 12.4 Å². The normalized spacial score (nSPS) is 11.0. The summed E-state index contributed by atoms with van der Waals surface area (Å²) in [4.78, 5) is 23.8. The SMILES string of the molecule is Cc1ccc2sc(N(Cc3cccnc3)C(=O)c3ccc(F)cc3Cl)nc2c1C. The van der Waals surface area contributed by atoms with Crippen molar-refractivity contribution in [2.24, 2.45) is 0 Å². The number of halogens is 2. The number of rotatable bonds is 4. The van der Waals surface area contributed by atoms with E-state index in [2.05, 4.69) is 4.98 Å².